The van der Waals surface area contributed by atoms with Crippen LogP contribution in [-0.4, -0.2) is 24.9 Å². The van der Waals surface area contributed by atoms with Crippen LogP contribution in [0, 0.1) is 0 Å². The van der Waals surface area contributed by atoms with Crippen molar-refractivity contribution in [1.82, 2.24) is 0 Å². The summed E-state index contributed by atoms with van der Waals surface area (Å²) in [5.41, 5.74) is 2.30. The Balaban J connectivity index is 1.70. The van der Waals surface area contributed by atoms with E-state index in [2.05, 4.69) is 71.0 Å². The smallest absolute Gasteiger partial charge is 0.120 e. The highest BCUT2D eigenvalue weighted by Gasteiger charge is 2.25. The third-order valence-corrected chi connectivity index (χ3v) is 5.24. The zero-order valence-electron chi connectivity index (χ0n) is 16.5. The van der Waals surface area contributed by atoms with E-state index in [1.807, 2.05) is 12.1 Å². The zero-order valence-corrected chi connectivity index (χ0v) is 16.5. The van der Waals surface area contributed by atoms with E-state index < -0.39 is 0 Å². The number of benzene rings is 2. The lowest BCUT2D eigenvalue weighted by molar-refractivity contribution is 0.105. The van der Waals surface area contributed by atoms with Crippen LogP contribution in [0.3, 0.4) is 0 Å². The van der Waals surface area contributed by atoms with Crippen molar-refractivity contribution in [2.45, 2.75) is 58.2 Å². The van der Waals surface area contributed by atoms with Crippen molar-refractivity contribution in [3.05, 3.63) is 59.7 Å². The van der Waals surface area contributed by atoms with Crippen molar-refractivity contribution in [1.29, 1.82) is 0 Å². The highest BCUT2D eigenvalue weighted by atomic mass is 16.6. The largest absolute Gasteiger partial charge is 0.491 e. The summed E-state index contributed by atoms with van der Waals surface area (Å²) in [5.74, 6) is 1.81. The number of rotatable bonds is 8. The molecule has 3 heteroatoms. The summed E-state index contributed by atoms with van der Waals surface area (Å²) in [6.07, 6.45) is 1.26. The Kier molecular flexibility index (Phi) is 5.29. The summed E-state index contributed by atoms with van der Waals surface area (Å²) < 4.78 is 17.0. The molecule has 0 spiro atoms. The first-order chi connectivity index (χ1) is 12.3. The highest BCUT2D eigenvalue weighted by Crippen LogP contribution is 2.34. The standard InChI is InChI=1S/C23H30O3/c1-6-22(2,3)26-20-13-9-18(10-14-20)23(4,5)17-7-11-19(12-8-17)24-15-21-16-25-21/h7-14,21H,6,15-16H2,1-5H3. The zero-order chi connectivity index (χ0) is 18.8. The van der Waals surface area contributed by atoms with E-state index in [1.165, 1.54) is 11.1 Å². The summed E-state index contributed by atoms with van der Waals surface area (Å²) in [6, 6.07) is 16.8. The minimum atomic E-state index is -0.141. The van der Waals surface area contributed by atoms with Gasteiger partial charge in [-0.15, -0.1) is 0 Å². The van der Waals surface area contributed by atoms with Gasteiger partial charge in [0.05, 0.1) is 6.61 Å². The predicted molar refractivity (Wildman–Crippen MR) is 105 cm³/mol. The molecule has 1 atom stereocenters. The van der Waals surface area contributed by atoms with Crippen LogP contribution in [0.1, 0.15) is 52.2 Å². The van der Waals surface area contributed by atoms with Crippen molar-refractivity contribution in [2.24, 2.45) is 0 Å². The molecule has 0 bridgehead atoms. The van der Waals surface area contributed by atoms with Crippen molar-refractivity contribution < 1.29 is 14.2 Å². The van der Waals surface area contributed by atoms with E-state index in [4.69, 9.17) is 14.2 Å². The highest BCUT2D eigenvalue weighted by molar-refractivity contribution is 5.42. The maximum atomic E-state index is 6.06. The molecule has 26 heavy (non-hydrogen) atoms. The fourth-order valence-electron chi connectivity index (χ4n) is 2.82. The molecule has 3 rings (SSSR count). The van der Waals surface area contributed by atoms with Crippen molar-refractivity contribution in [3.8, 4) is 11.5 Å². The second-order valence-corrected chi connectivity index (χ2v) is 8.16. The Bertz CT molecular complexity index is 710. The van der Waals surface area contributed by atoms with Crippen molar-refractivity contribution in [3.63, 3.8) is 0 Å². The molecule has 3 nitrogen and oxygen atoms in total. The van der Waals surface area contributed by atoms with Gasteiger partial charge in [-0.05, 0) is 55.7 Å². The molecule has 1 aliphatic heterocycles. The maximum absolute atomic E-state index is 6.06. The monoisotopic (exact) mass is 354 g/mol. The van der Waals surface area contributed by atoms with Crippen LogP contribution in [-0.2, 0) is 10.2 Å². The molecule has 140 valence electrons. The minimum absolute atomic E-state index is 0.0864. The van der Waals surface area contributed by atoms with Crippen molar-refractivity contribution >= 4 is 0 Å². The molecule has 2 aromatic carbocycles. The van der Waals surface area contributed by atoms with E-state index >= 15 is 0 Å². The first kappa shape index (κ1) is 18.8. The lowest BCUT2D eigenvalue weighted by atomic mass is 9.78. The molecule has 2 aromatic rings. The van der Waals surface area contributed by atoms with Crippen LogP contribution >= 0.6 is 0 Å². The maximum Gasteiger partial charge on any atom is 0.120 e. The Morgan fingerprint density at radius 1 is 0.885 bits per heavy atom. The van der Waals surface area contributed by atoms with Crippen LogP contribution in [0.15, 0.2) is 48.5 Å². The van der Waals surface area contributed by atoms with Gasteiger partial charge in [-0.2, -0.15) is 0 Å². The van der Waals surface area contributed by atoms with Gasteiger partial charge in [-0.25, -0.2) is 0 Å². The molecule has 1 unspecified atom stereocenters. The second-order valence-electron chi connectivity index (χ2n) is 8.16. The van der Waals surface area contributed by atoms with Gasteiger partial charge in [-0.1, -0.05) is 45.0 Å². The molecular formula is C23H30O3. The molecule has 0 saturated carbocycles. The van der Waals surface area contributed by atoms with Crippen LogP contribution in [0.4, 0.5) is 0 Å². The van der Waals surface area contributed by atoms with Crippen LogP contribution < -0.4 is 9.47 Å². The normalized spacial score (nSPS) is 17.0. The minimum Gasteiger partial charge on any atom is -0.491 e. The third-order valence-electron chi connectivity index (χ3n) is 5.24. The van der Waals surface area contributed by atoms with E-state index in [0.29, 0.717) is 6.61 Å². The summed E-state index contributed by atoms with van der Waals surface area (Å²) >= 11 is 0. The molecular weight excluding hydrogens is 324 g/mol. The summed E-state index contributed by atoms with van der Waals surface area (Å²) in [5, 5.41) is 0. The van der Waals surface area contributed by atoms with Crippen LogP contribution in [0.25, 0.3) is 0 Å². The molecule has 1 fully saturated rings. The van der Waals surface area contributed by atoms with Gasteiger partial charge in [0, 0.05) is 5.41 Å². The average molecular weight is 354 g/mol. The van der Waals surface area contributed by atoms with Gasteiger partial charge >= 0.3 is 0 Å². The predicted octanol–water partition coefficient (Wildman–Crippen LogP) is 5.36. The second kappa shape index (κ2) is 7.32. The Labute approximate surface area is 157 Å². The molecule has 0 aliphatic carbocycles. The van der Waals surface area contributed by atoms with E-state index in [9.17, 15) is 0 Å². The summed E-state index contributed by atoms with van der Waals surface area (Å²) in [6.45, 7) is 12.3. The number of epoxide rings is 1. The quantitative estimate of drug-likeness (QED) is 0.598. The Morgan fingerprint density at radius 2 is 1.38 bits per heavy atom. The number of hydrogen-bond donors (Lipinski definition) is 0. The van der Waals surface area contributed by atoms with E-state index in [-0.39, 0.29) is 17.1 Å². The molecule has 1 heterocycles. The topological polar surface area (TPSA) is 31.0 Å². The first-order valence-electron chi connectivity index (χ1n) is 9.45. The molecule has 0 amide bonds. The molecule has 1 saturated heterocycles. The number of ether oxygens (including phenoxy) is 3. The molecule has 0 N–H and O–H groups in total. The SMILES string of the molecule is CCC(C)(C)Oc1ccc(C(C)(C)c2ccc(OCC3CO3)cc2)cc1. The van der Waals surface area contributed by atoms with Gasteiger partial charge in [0.2, 0.25) is 0 Å². The van der Waals surface area contributed by atoms with Gasteiger partial charge in [0.25, 0.3) is 0 Å². The average Bonchev–Trinajstić information content (AvgIpc) is 3.45. The molecule has 1 aliphatic rings. The lowest BCUT2D eigenvalue weighted by Crippen LogP contribution is -2.26. The first-order valence-corrected chi connectivity index (χ1v) is 9.45. The van der Waals surface area contributed by atoms with Crippen LogP contribution in [0.5, 0.6) is 11.5 Å². The fraction of sp³-hybridized carbons (Fsp3) is 0.478. The lowest BCUT2D eigenvalue weighted by Gasteiger charge is -2.28. The van der Waals surface area contributed by atoms with Gasteiger partial charge in [0.15, 0.2) is 0 Å². The summed E-state index contributed by atoms with van der Waals surface area (Å²) in [4.78, 5) is 0. The third kappa shape index (κ3) is 4.59. The number of hydrogen-bond acceptors (Lipinski definition) is 3. The van der Waals surface area contributed by atoms with Gasteiger partial charge in [0.1, 0.15) is 29.8 Å². The fourth-order valence-corrected chi connectivity index (χ4v) is 2.82. The molecule has 0 aromatic heterocycles. The Morgan fingerprint density at radius 3 is 1.85 bits per heavy atom. The Hall–Kier alpha value is -2.00. The van der Waals surface area contributed by atoms with Gasteiger partial charge in [-0.3, -0.25) is 0 Å². The van der Waals surface area contributed by atoms with Crippen molar-refractivity contribution in [2.75, 3.05) is 13.2 Å². The van der Waals surface area contributed by atoms with Gasteiger partial charge < -0.3 is 14.2 Å². The summed E-state index contributed by atoms with van der Waals surface area (Å²) in [7, 11) is 0. The van der Waals surface area contributed by atoms with E-state index in [1.54, 1.807) is 0 Å². The molecule has 0 radical (unpaired) electrons. The van der Waals surface area contributed by atoms with E-state index in [0.717, 1.165) is 24.5 Å². The van der Waals surface area contributed by atoms with Crippen LogP contribution in [0.2, 0.25) is 0 Å².